The van der Waals surface area contributed by atoms with Crippen molar-refractivity contribution in [3.8, 4) is 0 Å². The van der Waals surface area contributed by atoms with Gasteiger partial charge in [-0.3, -0.25) is 4.79 Å². The van der Waals surface area contributed by atoms with Crippen molar-refractivity contribution >= 4 is 23.1 Å². The average Bonchev–Trinajstić information content (AvgIpc) is 2.34. The van der Waals surface area contributed by atoms with Gasteiger partial charge >= 0.3 is 0 Å². The molecule has 0 saturated heterocycles. The van der Waals surface area contributed by atoms with Gasteiger partial charge in [-0.15, -0.1) is 0 Å². The van der Waals surface area contributed by atoms with E-state index in [4.69, 9.17) is 17.3 Å². The van der Waals surface area contributed by atoms with Crippen LogP contribution in [0, 0.1) is 12.7 Å². The van der Waals surface area contributed by atoms with Gasteiger partial charge in [0.25, 0.3) is 0 Å². The molecule has 2 nitrogen and oxygen atoms in total. The summed E-state index contributed by atoms with van der Waals surface area (Å²) in [5.41, 5.74) is 7.10. The smallest absolute Gasteiger partial charge is 0.194 e. The van der Waals surface area contributed by atoms with Gasteiger partial charge in [0.05, 0.1) is 5.02 Å². The van der Waals surface area contributed by atoms with Gasteiger partial charge in [-0.05, 0) is 48.9 Å². The fourth-order valence-corrected chi connectivity index (χ4v) is 1.91. The lowest BCUT2D eigenvalue weighted by molar-refractivity contribution is 0.103. The highest BCUT2D eigenvalue weighted by molar-refractivity contribution is 6.35. The maximum Gasteiger partial charge on any atom is 0.194 e. The molecule has 0 bridgehead atoms. The van der Waals surface area contributed by atoms with Crippen molar-refractivity contribution in [2.75, 3.05) is 5.73 Å². The van der Waals surface area contributed by atoms with Gasteiger partial charge in [0.1, 0.15) is 5.82 Å². The summed E-state index contributed by atoms with van der Waals surface area (Å²) < 4.78 is 13.5. The predicted octanol–water partition coefficient (Wildman–Crippen LogP) is 3.60. The Kier molecular flexibility index (Phi) is 3.34. The van der Waals surface area contributed by atoms with Gasteiger partial charge in [0, 0.05) is 16.8 Å². The summed E-state index contributed by atoms with van der Waals surface area (Å²) in [6.07, 6.45) is 0. The molecule has 2 N–H and O–H groups in total. The molecular formula is C14H11ClFNO. The quantitative estimate of drug-likeness (QED) is 0.664. The van der Waals surface area contributed by atoms with Crippen molar-refractivity contribution in [2.24, 2.45) is 0 Å². The number of hydrogen-bond acceptors (Lipinski definition) is 2. The monoisotopic (exact) mass is 263 g/mol. The van der Waals surface area contributed by atoms with Crippen molar-refractivity contribution in [2.45, 2.75) is 6.92 Å². The molecule has 0 radical (unpaired) electrons. The molecule has 0 aliphatic heterocycles. The Labute approximate surface area is 109 Å². The molecule has 4 heteroatoms. The lowest BCUT2D eigenvalue weighted by atomic mass is 10.0. The second-order valence-electron chi connectivity index (χ2n) is 4.03. The maximum atomic E-state index is 13.5. The van der Waals surface area contributed by atoms with Crippen molar-refractivity contribution in [1.82, 2.24) is 0 Å². The zero-order chi connectivity index (χ0) is 13.3. The minimum Gasteiger partial charge on any atom is -0.399 e. The first-order chi connectivity index (χ1) is 8.49. The standard InChI is InChI=1S/C14H11ClFNO/c1-8-6-12(15)11(7-13(8)16)14(18)9-2-4-10(17)5-3-9/h2-7H,17H2,1H3. The number of anilines is 1. The summed E-state index contributed by atoms with van der Waals surface area (Å²) in [7, 11) is 0. The molecule has 0 saturated carbocycles. The van der Waals surface area contributed by atoms with Gasteiger partial charge in [-0.1, -0.05) is 11.6 Å². The molecule has 0 fully saturated rings. The number of benzene rings is 2. The zero-order valence-corrected chi connectivity index (χ0v) is 10.5. The molecule has 0 aliphatic carbocycles. The zero-order valence-electron chi connectivity index (χ0n) is 9.71. The highest BCUT2D eigenvalue weighted by atomic mass is 35.5. The first-order valence-electron chi connectivity index (χ1n) is 5.35. The van der Waals surface area contributed by atoms with Crippen LogP contribution in [0.25, 0.3) is 0 Å². The van der Waals surface area contributed by atoms with Crippen molar-refractivity contribution < 1.29 is 9.18 Å². The average molecular weight is 264 g/mol. The van der Waals surface area contributed by atoms with Crippen LogP contribution >= 0.6 is 11.6 Å². The van der Waals surface area contributed by atoms with Gasteiger partial charge < -0.3 is 5.73 Å². The normalized spacial score (nSPS) is 10.4. The van der Waals surface area contributed by atoms with Crippen LogP contribution in [0.1, 0.15) is 21.5 Å². The van der Waals surface area contributed by atoms with Crippen LogP contribution in [0.2, 0.25) is 5.02 Å². The number of halogens is 2. The third kappa shape index (κ3) is 2.36. The molecule has 0 spiro atoms. The van der Waals surface area contributed by atoms with Crippen molar-refractivity contribution in [3.63, 3.8) is 0 Å². The summed E-state index contributed by atoms with van der Waals surface area (Å²) in [6.45, 7) is 1.60. The predicted molar refractivity (Wildman–Crippen MR) is 70.4 cm³/mol. The fourth-order valence-electron chi connectivity index (χ4n) is 1.61. The number of carbonyl (C=O) groups is 1. The van der Waals surface area contributed by atoms with Crippen LogP contribution in [0.15, 0.2) is 36.4 Å². The van der Waals surface area contributed by atoms with Gasteiger partial charge in [-0.2, -0.15) is 0 Å². The van der Waals surface area contributed by atoms with E-state index >= 15 is 0 Å². The van der Waals surface area contributed by atoms with Crippen LogP contribution in [-0.4, -0.2) is 5.78 Å². The molecule has 0 aromatic heterocycles. The summed E-state index contributed by atoms with van der Waals surface area (Å²) >= 11 is 5.97. The van der Waals surface area contributed by atoms with Crippen molar-refractivity contribution in [1.29, 1.82) is 0 Å². The van der Waals surface area contributed by atoms with Crippen LogP contribution in [-0.2, 0) is 0 Å². The molecule has 0 unspecified atom stereocenters. The number of hydrogen-bond donors (Lipinski definition) is 1. The van der Waals surface area contributed by atoms with E-state index in [1.165, 1.54) is 6.07 Å². The summed E-state index contributed by atoms with van der Waals surface area (Å²) in [5, 5.41) is 0.246. The van der Waals surface area contributed by atoms with E-state index in [0.717, 1.165) is 6.07 Å². The minimum absolute atomic E-state index is 0.157. The number of aryl methyl sites for hydroxylation is 1. The number of carbonyl (C=O) groups excluding carboxylic acids is 1. The molecule has 0 heterocycles. The highest BCUT2D eigenvalue weighted by Gasteiger charge is 2.15. The minimum atomic E-state index is -0.446. The topological polar surface area (TPSA) is 43.1 Å². The van der Waals surface area contributed by atoms with E-state index in [-0.39, 0.29) is 16.4 Å². The molecule has 92 valence electrons. The highest BCUT2D eigenvalue weighted by Crippen LogP contribution is 2.23. The second-order valence-corrected chi connectivity index (χ2v) is 4.44. The molecule has 0 amide bonds. The Morgan fingerprint density at radius 1 is 1.22 bits per heavy atom. The second kappa shape index (κ2) is 4.78. The summed E-state index contributed by atoms with van der Waals surface area (Å²) in [5.74, 6) is -0.767. The number of ketones is 1. The van der Waals surface area contributed by atoms with Crippen molar-refractivity contribution in [3.05, 3.63) is 63.9 Å². The molecule has 2 rings (SSSR count). The van der Waals surface area contributed by atoms with Gasteiger partial charge in [-0.25, -0.2) is 4.39 Å². The van der Waals surface area contributed by atoms with Gasteiger partial charge in [0.2, 0.25) is 0 Å². The Morgan fingerprint density at radius 2 is 1.83 bits per heavy atom. The number of rotatable bonds is 2. The van der Waals surface area contributed by atoms with E-state index in [1.54, 1.807) is 31.2 Å². The maximum absolute atomic E-state index is 13.5. The lowest BCUT2D eigenvalue weighted by Crippen LogP contribution is -2.04. The first kappa shape index (κ1) is 12.6. The Bertz CT molecular complexity index is 608. The molecular weight excluding hydrogens is 253 g/mol. The third-order valence-corrected chi connectivity index (χ3v) is 2.98. The van der Waals surface area contributed by atoms with E-state index in [1.807, 2.05) is 0 Å². The Hall–Kier alpha value is -1.87. The summed E-state index contributed by atoms with van der Waals surface area (Å²) in [4.78, 5) is 12.2. The van der Waals surface area contributed by atoms with Crippen LogP contribution in [0.4, 0.5) is 10.1 Å². The van der Waals surface area contributed by atoms with E-state index in [9.17, 15) is 9.18 Å². The fraction of sp³-hybridized carbons (Fsp3) is 0.0714. The molecule has 0 aliphatic rings. The SMILES string of the molecule is Cc1cc(Cl)c(C(=O)c2ccc(N)cc2)cc1F. The van der Waals surface area contributed by atoms with Crippen LogP contribution in [0.5, 0.6) is 0 Å². The molecule has 2 aromatic rings. The van der Waals surface area contributed by atoms with E-state index < -0.39 is 5.82 Å². The first-order valence-corrected chi connectivity index (χ1v) is 5.72. The van der Waals surface area contributed by atoms with E-state index in [2.05, 4.69) is 0 Å². The third-order valence-electron chi connectivity index (χ3n) is 2.67. The van der Waals surface area contributed by atoms with Crippen LogP contribution in [0.3, 0.4) is 0 Å². The number of nitrogen functional groups attached to an aromatic ring is 1. The van der Waals surface area contributed by atoms with Gasteiger partial charge in [0.15, 0.2) is 5.78 Å². The summed E-state index contributed by atoms with van der Waals surface area (Å²) in [6, 6.07) is 9.02. The molecule has 18 heavy (non-hydrogen) atoms. The molecule has 2 aromatic carbocycles. The lowest BCUT2D eigenvalue weighted by Gasteiger charge is -2.06. The van der Waals surface area contributed by atoms with Crippen LogP contribution < -0.4 is 5.73 Å². The number of nitrogens with two attached hydrogens (primary N) is 1. The van der Waals surface area contributed by atoms with E-state index in [0.29, 0.717) is 16.8 Å². The Balaban J connectivity index is 2.46. The largest absolute Gasteiger partial charge is 0.399 e. The molecule has 0 atom stereocenters. The Morgan fingerprint density at radius 3 is 2.44 bits per heavy atom.